The van der Waals surface area contributed by atoms with Crippen LogP contribution in [-0.2, 0) is 9.59 Å². The number of carboxylic acid groups (broad SMARTS) is 2. The summed E-state index contributed by atoms with van der Waals surface area (Å²) in [6.45, 7) is 0. The Morgan fingerprint density at radius 1 is 0.733 bits per heavy atom. The predicted molar refractivity (Wildman–Crippen MR) is 45.1 cm³/mol. The second-order valence-electron chi connectivity index (χ2n) is 2.55. The van der Waals surface area contributed by atoms with Gasteiger partial charge in [0, 0.05) is 37.7 Å². The molecule has 0 aromatic carbocycles. The van der Waals surface area contributed by atoms with Crippen LogP contribution in [0.5, 0.6) is 0 Å². The van der Waals surface area contributed by atoms with Gasteiger partial charge in [-0.25, -0.2) is 9.59 Å². The third-order valence-electron chi connectivity index (χ3n) is 1.50. The standard InChI is InChI=1S/C6H10O8.Ca/c7-1(3(9)5(11)12)2(8)4(10)6(13)14;/h1-4,7-10H,(H,11,12)(H,13,14);/t1-,2-,3-,4+;/m0./s1. The first-order valence-electron chi connectivity index (χ1n) is 3.47. The molecule has 9 heteroatoms. The number of aliphatic carboxylic acids is 2. The Hall–Kier alpha value is 0.0397. The molecule has 4 atom stereocenters. The van der Waals surface area contributed by atoms with Crippen molar-refractivity contribution in [2.75, 3.05) is 0 Å². The predicted octanol–water partition coefficient (Wildman–Crippen LogP) is -3.78. The largest absolute Gasteiger partial charge is 0.479 e. The molecule has 0 aliphatic carbocycles. The van der Waals surface area contributed by atoms with Gasteiger partial charge in [0.1, 0.15) is 12.2 Å². The minimum Gasteiger partial charge on any atom is -0.479 e. The van der Waals surface area contributed by atoms with Gasteiger partial charge in [-0.05, 0) is 0 Å². The molecule has 84 valence electrons. The molecular weight excluding hydrogens is 240 g/mol. The van der Waals surface area contributed by atoms with Gasteiger partial charge in [-0.2, -0.15) is 0 Å². The number of hydrogen-bond acceptors (Lipinski definition) is 6. The quantitative estimate of drug-likeness (QED) is 0.271. The molecule has 0 aromatic heterocycles. The van der Waals surface area contributed by atoms with Gasteiger partial charge in [0.05, 0.1) is 0 Å². The van der Waals surface area contributed by atoms with Crippen LogP contribution in [0.1, 0.15) is 0 Å². The fraction of sp³-hybridized carbons (Fsp3) is 0.667. The van der Waals surface area contributed by atoms with Crippen LogP contribution in [0, 0.1) is 0 Å². The Balaban J connectivity index is 0. The molecular formula is C6H10CaO8. The van der Waals surface area contributed by atoms with Crippen LogP contribution >= 0.6 is 0 Å². The summed E-state index contributed by atoms with van der Waals surface area (Å²) in [4.78, 5) is 20.2. The summed E-state index contributed by atoms with van der Waals surface area (Å²) in [5.74, 6) is -3.68. The Labute approximate surface area is 114 Å². The van der Waals surface area contributed by atoms with Gasteiger partial charge in [-0.3, -0.25) is 0 Å². The van der Waals surface area contributed by atoms with Gasteiger partial charge in [-0.1, -0.05) is 0 Å². The fourth-order valence-electron chi connectivity index (χ4n) is 0.666. The number of carbonyl (C=O) groups is 2. The van der Waals surface area contributed by atoms with E-state index < -0.39 is 36.4 Å². The molecule has 0 saturated heterocycles. The summed E-state index contributed by atoms with van der Waals surface area (Å²) in [5.41, 5.74) is 0. The minimum absolute atomic E-state index is 0. The van der Waals surface area contributed by atoms with Crippen molar-refractivity contribution in [2.24, 2.45) is 0 Å². The number of rotatable bonds is 5. The summed E-state index contributed by atoms with van der Waals surface area (Å²) < 4.78 is 0. The number of aliphatic hydroxyl groups excluding tert-OH is 4. The van der Waals surface area contributed by atoms with Crippen molar-refractivity contribution in [1.82, 2.24) is 0 Å². The minimum atomic E-state index is -2.36. The van der Waals surface area contributed by atoms with Crippen molar-refractivity contribution in [1.29, 1.82) is 0 Å². The molecule has 0 rings (SSSR count). The number of aliphatic hydroxyl groups is 4. The Kier molecular flexibility index (Phi) is 8.53. The Morgan fingerprint density at radius 2 is 0.933 bits per heavy atom. The normalized spacial score (nSPS) is 18.1. The van der Waals surface area contributed by atoms with E-state index >= 15 is 0 Å². The average Bonchev–Trinajstić information content (AvgIpc) is 2.12. The third kappa shape index (κ3) is 5.07. The van der Waals surface area contributed by atoms with Gasteiger partial charge in [-0.15, -0.1) is 0 Å². The van der Waals surface area contributed by atoms with E-state index in [0.717, 1.165) is 0 Å². The van der Waals surface area contributed by atoms with E-state index in [0.29, 0.717) is 0 Å². The number of carboxylic acids is 2. The molecule has 8 nitrogen and oxygen atoms in total. The van der Waals surface area contributed by atoms with Crippen LogP contribution in [0.4, 0.5) is 0 Å². The molecule has 15 heavy (non-hydrogen) atoms. The maximum Gasteiger partial charge on any atom is 0.335 e. The van der Waals surface area contributed by atoms with E-state index in [4.69, 9.17) is 30.6 Å². The zero-order chi connectivity index (χ0) is 11.5. The van der Waals surface area contributed by atoms with Crippen LogP contribution < -0.4 is 0 Å². The molecule has 0 unspecified atom stereocenters. The van der Waals surface area contributed by atoms with Crippen molar-refractivity contribution in [3.8, 4) is 0 Å². The van der Waals surface area contributed by atoms with Crippen LogP contribution in [-0.4, -0.2) is 105 Å². The van der Waals surface area contributed by atoms with E-state index in [1.165, 1.54) is 0 Å². The van der Waals surface area contributed by atoms with Crippen molar-refractivity contribution in [2.45, 2.75) is 24.4 Å². The summed E-state index contributed by atoms with van der Waals surface area (Å²) in [6.07, 6.45) is -9.28. The van der Waals surface area contributed by atoms with Crippen molar-refractivity contribution in [3.05, 3.63) is 0 Å². The van der Waals surface area contributed by atoms with Crippen molar-refractivity contribution < 1.29 is 40.2 Å². The SMILES string of the molecule is O=C(O)[C@@H](O)[C@@H](O)[C@H](O)[C@@H](O)C(=O)O.[Ca]. The Bertz CT molecular complexity index is 207. The van der Waals surface area contributed by atoms with Gasteiger partial charge < -0.3 is 30.6 Å². The zero-order valence-corrected chi connectivity index (χ0v) is 9.72. The van der Waals surface area contributed by atoms with Crippen LogP contribution in [0.2, 0.25) is 0 Å². The number of hydrogen-bond donors (Lipinski definition) is 6. The van der Waals surface area contributed by atoms with E-state index in [-0.39, 0.29) is 37.7 Å². The van der Waals surface area contributed by atoms with Gasteiger partial charge in [0.15, 0.2) is 12.2 Å². The molecule has 0 aromatic rings. The second-order valence-corrected chi connectivity index (χ2v) is 2.55. The topological polar surface area (TPSA) is 156 Å². The molecule has 0 fully saturated rings. The van der Waals surface area contributed by atoms with Crippen molar-refractivity contribution in [3.63, 3.8) is 0 Å². The molecule has 0 heterocycles. The second kappa shape index (κ2) is 7.34. The summed E-state index contributed by atoms with van der Waals surface area (Å²) in [5, 5.41) is 51.5. The van der Waals surface area contributed by atoms with Gasteiger partial charge in [0.25, 0.3) is 0 Å². The van der Waals surface area contributed by atoms with Crippen LogP contribution in [0.3, 0.4) is 0 Å². The molecule has 0 aliphatic heterocycles. The van der Waals surface area contributed by atoms with Gasteiger partial charge in [0.2, 0.25) is 0 Å². The van der Waals surface area contributed by atoms with E-state index in [1.54, 1.807) is 0 Å². The maximum atomic E-state index is 10.1. The summed E-state index contributed by atoms with van der Waals surface area (Å²) >= 11 is 0. The third-order valence-corrected chi connectivity index (χ3v) is 1.50. The van der Waals surface area contributed by atoms with Crippen molar-refractivity contribution >= 4 is 49.7 Å². The molecule has 0 spiro atoms. The van der Waals surface area contributed by atoms with E-state index in [1.807, 2.05) is 0 Å². The smallest absolute Gasteiger partial charge is 0.335 e. The first-order valence-corrected chi connectivity index (χ1v) is 3.47. The van der Waals surface area contributed by atoms with E-state index in [2.05, 4.69) is 0 Å². The molecule has 0 amide bonds. The summed E-state index contributed by atoms with van der Waals surface area (Å²) in [6, 6.07) is 0. The van der Waals surface area contributed by atoms with Crippen LogP contribution in [0.25, 0.3) is 0 Å². The average molecular weight is 250 g/mol. The molecule has 6 N–H and O–H groups in total. The monoisotopic (exact) mass is 250 g/mol. The maximum absolute atomic E-state index is 10.1. The molecule has 0 aliphatic rings. The summed E-state index contributed by atoms with van der Waals surface area (Å²) in [7, 11) is 0. The zero-order valence-electron chi connectivity index (χ0n) is 7.52. The molecule has 2 radical (unpaired) electrons. The molecule has 0 saturated carbocycles. The first-order chi connectivity index (χ1) is 6.29. The van der Waals surface area contributed by atoms with Gasteiger partial charge >= 0.3 is 11.9 Å². The first kappa shape index (κ1) is 17.4. The fourth-order valence-corrected chi connectivity index (χ4v) is 0.666. The van der Waals surface area contributed by atoms with E-state index in [9.17, 15) is 9.59 Å². The van der Waals surface area contributed by atoms with Crippen LogP contribution in [0.15, 0.2) is 0 Å². The molecule has 0 bridgehead atoms. The Morgan fingerprint density at radius 3 is 1.07 bits per heavy atom.